The summed E-state index contributed by atoms with van der Waals surface area (Å²) in [6.07, 6.45) is 1.59. The van der Waals surface area contributed by atoms with Gasteiger partial charge in [-0.15, -0.1) is 10.2 Å². The van der Waals surface area contributed by atoms with Crippen LogP contribution in [0.25, 0.3) is 22.1 Å². The molecule has 0 unspecified atom stereocenters. The Kier molecular flexibility index (Phi) is 5.24. The zero-order valence-electron chi connectivity index (χ0n) is 16.2. The number of halogens is 2. The fourth-order valence-electron chi connectivity index (χ4n) is 3.44. The number of para-hydroxylation sites is 1. The van der Waals surface area contributed by atoms with Gasteiger partial charge in [0.1, 0.15) is 5.52 Å². The molecule has 0 aliphatic heterocycles. The van der Waals surface area contributed by atoms with Crippen molar-refractivity contribution in [2.75, 3.05) is 5.43 Å². The van der Waals surface area contributed by atoms with Crippen molar-refractivity contribution >= 4 is 57.4 Å². The summed E-state index contributed by atoms with van der Waals surface area (Å²) >= 11 is 12.1. The molecule has 0 amide bonds. The van der Waals surface area contributed by atoms with E-state index in [0.717, 1.165) is 27.6 Å². The van der Waals surface area contributed by atoms with Crippen molar-refractivity contribution in [3.63, 3.8) is 0 Å². The van der Waals surface area contributed by atoms with Crippen LogP contribution in [0.15, 0.2) is 77.9 Å². The van der Waals surface area contributed by atoms with E-state index >= 15 is 0 Å². The number of hydrogen-bond donors (Lipinski definition) is 1. The van der Waals surface area contributed by atoms with Gasteiger partial charge >= 0.3 is 0 Å². The van der Waals surface area contributed by atoms with Gasteiger partial charge in [0.05, 0.1) is 16.8 Å². The lowest BCUT2D eigenvalue weighted by Crippen LogP contribution is -2.04. The van der Waals surface area contributed by atoms with E-state index in [2.05, 4.69) is 48.5 Å². The van der Waals surface area contributed by atoms with Gasteiger partial charge in [0.2, 0.25) is 0 Å². The molecule has 0 saturated heterocycles. The predicted octanol–water partition coefficient (Wildman–Crippen LogP) is 5.78. The molecule has 5 rings (SSSR count). The molecule has 6 nitrogen and oxygen atoms in total. The summed E-state index contributed by atoms with van der Waals surface area (Å²) in [5.41, 5.74) is 7.29. The van der Waals surface area contributed by atoms with Crippen molar-refractivity contribution < 1.29 is 0 Å². The Morgan fingerprint density at radius 2 is 1.74 bits per heavy atom. The second kappa shape index (κ2) is 8.34. The zero-order chi connectivity index (χ0) is 21.2. The highest BCUT2D eigenvalue weighted by Gasteiger charge is 2.14. The minimum atomic E-state index is 0.297. The Labute approximate surface area is 188 Å². The molecule has 0 radical (unpaired) electrons. The number of hydrogen-bond acceptors (Lipinski definition) is 5. The van der Waals surface area contributed by atoms with Crippen molar-refractivity contribution in [1.29, 1.82) is 0 Å². The lowest BCUT2D eigenvalue weighted by molar-refractivity contribution is 0.848. The van der Waals surface area contributed by atoms with Gasteiger partial charge in [0.15, 0.2) is 5.65 Å². The van der Waals surface area contributed by atoms with E-state index in [1.165, 1.54) is 5.56 Å². The molecule has 2 heterocycles. The van der Waals surface area contributed by atoms with Gasteiger partial charge in [0.25, 0.3) is 5.95 Å². The normalized spacial score (nSPS) is 11.5. The standard InChI is InChI=1S/C23H16Cl2N6/c24-17-11-10-16(19(25)12-17)13-26-29-23-27-22-21(28-30-23)18-8-4-5-9-20(18)31(22)14-15-6-2-1-3-7-15/h1-13H,14H2,(H,27,29,30)/b26-13-. The minimum Gasteiger partial charge on any atom is -0.319 e. The van der Waals surface area contributed by atoms with Gasteiger partial charge in [-0.1, -0.05) is 77.8 Å². The van der Waals surface area contributed by atoms with Crippen LogP contribution in [0.3, 0.4) is 0 Å². The fraction of sp³-hybridized carbons (Fsp3) is 0.0435. The number of nitrogens with one attached hydrogen (secondary N) is 1. The highest BCUT2D eigenvalue weighted by Crippen LogP contribution is 2.27. The molecule has 2 aromatic heterocycles. The van der Waals surface area contributed by atoms with Crippen molar-refractivity contribution in [2.24, 2.45) is 5.10 Å². The number of benzene rings is 3. The summed E-state index contributed by atoms with van der Waals surface area (Å²) in [4.78, 5) is 4.69. The van der Waals surface area contributed by atoms with E-state index < -0.39 is 0 Å². The maximum atomic E-state index is 6.18. The van der Waals surface area contributed by atoms with Gasteiger partial charge in [-0.25, -0.2) is 5.43 Å². The summed E-state index contributed by atoms with van der Waals surface area (Å²) in [7, 11) is 0. The van der Waals surface area contributed by atoms with Gasteiger partial charge < -0.3 is 4.57 Å². The minimum absolute atomic E-state index is 0.297. The number of nitrogens with zero attached hydrogens (tertiary/aromatic N) is 5. The maximum Gasteiger partial charge on any atom is 0.265 e. The molecule has 5 aromatic rings. The largest absolute Gasteiger partial charge is 0.319 e. The van der Waals surface area contributed by atoms with Gasteiger partial charge in [0, 0.05) is 22.5 Å². The van der Waals surface area contributed by atoms with Crippen LogP contribution in [-0.2, 0) is 6.54 Å². The molecule has 0 aliphatic carbocycles. The summed E-state index contributed by atoms with van der Waals surface area (Å²) in [5, 5.41) is 14.9. The predicted molar refractivity (Wildman–Crippen MR) is 126 cm³/mol. The molecule has 0 fully saturated rings. The van der Waals surface area contributed by atoms with Crippen LogP contribution >= 0.6 is 23.2 Å². The summed E-state index contributed by atoms with van der Waals surface area (Å²) in [5.74, 6) is 0.297. The molecule has 0 atom stereocenters. The molecule has 8 heteroatoms. The Hall–Kier alpha value is -3.48. The average molecular weight is 447 g/mol. The third-order valence-electron chi connectivity index (χ3n) is 4.89. The van der Waals surface area contributed by atoms with Crippen molar-refractivity contribution in [1.82, 2.24) is 19.7 Å². The molecule has 1 N–H and O–H groups in total. The summed E-state index contributed by atoms with van der Waals surface area (Å²) in [6, 6.07) is 23.5. The Bertz CT molecular complexity index is 1410. The lowest BCUT2D eigenvalue weighted by Gasteiger charge is -2.07. The maximum absolute atomic E-state index is 6.18. The van der Waals surface area contributed by atoms with E-state index in [4.69, 9.17) is 23.2 Å². The fourth-order valence-corrected chi connectivity index (χ4v) is 3.90. The quantitative estimate of drug-likeness (QED) is 0.274. The third-order valence-corrected chi connectivity index (χ3v) is 5.45. The molecule has 0 saturated carbocycles. The molecule has 3 aromatic carbocycles. The molecule has 31 heavy (non-hydrogen) atoms. The topological polar surface area (TPSA) is 68.0 Å². The monoisotopic (exact) mass is 446 g/mol. The SMILES string of the molecule is Clc1ccc(/C=N\Nc2nnc3c4ccccc4n(Cc4ccccc4)c3n2)c(Cl)c1. The van der Waals surface area contributed by atoms with Crippen LogP contribution in [0.4, 0.5) is 5.95 Å². The lowest BCUT2D eigenvalue weighted by atomic mass is 10.2. The van der Waals surface area contributed by atoms with Crippen LogP contribution < -0.4 is 5.43 Å². The highest BCUT2D eigenvalue weighted by atomic mass is 35.5. The Balaban J connectivity index is 1.51. The number of aromatic nitrogens is 4. The number of rotatable bonds is 5. The number of fused-ring (bicyclic) bond motifs is 3. The molecule has 0 spiro atoms. The van der Waals surface area contributed by atoms with E-state index in [9.17, 15) is 0 Å². The van der Waals surface area contributed by atoms with Gasteiger partial charge in [-0.05, 0) is 23.8 Å². The number of anilines is 1. The molecule has 0 bridgehead atoms. The van der Waals surface area contributed by atoms with E-state index in [-0.39, 0.29) is 0 Å². The first kappa shape index (κ1) is 19.5. The molecular weight excluding hydrogens is 431 g/mol. The number of hydrazone groups is 1. The smallest absolute Gasteiger partial charge is 0.265 e. The van der Waals surface area contributed by atoms with E-state index in [0.29, 0.717) is 22.5 Å². The molecular formula is C23H16Cl2N6. The first-order valence-electron chi connectivity index (χ1n) is 9.59. The summed E-state index contributed by atoms with van der Waals surface area (Å²) < 4.78 is 2.14. The summed E-state index contributed by atoms with van der Waals surface area (Å²) in [6.45, 7) is 0.673. The zero-order valence-corrected chi connectivity index (χ0v) is 17.7. The van der Waals surface area contributed by atoms with Gasteiger partial charge in [-0.2, -0.15) is 10.1 Å². The van der Waals surface area contributed by atoms with E-state index in [1.54, 1.807) is 24.4 Å². The van der Waals surface area contributed by atoms with Crippen LogP contribution in [0, 0.1) is 0 Å². The Morgan fingerprint density at radius 1 is 0.935 bits per heavy atom. The van der Waals surface area contributed by atoms with Crippen molar-refractivity contribution in [2.45, 2.75) is 6.54 Å². The van der Waals surface area contributed by atoms with Crippen molar-refractivity contribution in [3.05, 3.63) is 94.0 Å². The van der Waals surface area contributed by atoms with Crippen LogP contribution in [-0.4, -0.2) is 26.0 Å². The van der Waals surface area contributed by atoms with Crippen molar-refractivity contribution in [3.8, 4) is 0 Å². The highest BCUT2D eigenvalue weighted by molar-refractivity contribution is 6.36. The van der Waals surface area contributed by atoms with Crippen LogP contribution in [0.5, 0.6) is 0 Å². The van der Waals surface area contributed by atoms with Crippen LogP contribution in [0.1, 0.15) is 11.1 Å². The molecule has 152 valence electrons. The average Bonchev–Trinajstić information content (AvgIpc) is 3.09. The first-order chi connectivity index (χ1) is 15.2. The molecule has 0 aliphatic rings. The van der Waals surface area contributed by atoms with E-state index in [1.807, 2.05) is 36.4 Å². The Morgan fingerprint density at radius 3 is 2.58 bits per heavy atom. The third kappa shape index (κ3) is 3.95. The van der Waals surface area contributed by atoms with Gasteiger partial charge in [-0.3, -0.25) is 0 Å². The van der Waals surface area contributed by atoms with Crippen LogP contribution in [0.2, 0.25) is 10.0 Å². The second-order valence-corrected chi connectivity index (χ2v) is 7.78. The second-order valence-electron chi connectivity index (χ2n) is 6.93. The first-order valence-corrected chi connectivity index (χ1v) is 10.3.